The van der Waals surface area contributed by atoms with Gasteiger partial charge in [0.05, 0.1) is 11.1 Å². The second-order valence-corrected chi connectivity index (χ2v) is 6.80. The molecule has 8 nitrogen and oxygen atoms in total. The molecule has 0 atom stereocenters. The molecule has 1 aromatic heterocycles. The first-order valence-electron chi connectivity index (χ1n) is 8.32. The molecule has 3 rings (SSSR count). The molecule has 0 spiro atoms. The quantitative estimate of drug-likeness (QED) is 0.339. The van der Waals surface area contributed by atoms with Crippen LogP contribution in [0, 0.1) is 17.0 Å². The first-order chi connectivity index (χ1) is 13.5. The third-order valence-electron chi connectivity index (χ3n) is 3.91. The number of anilines is 3. The summed E-state index contributed by atoms with van der Waals surface area (Å²) in [6.07, 6.45) is 1.62. The van der Waals surface area contributed by atoms with Crippen molar-refractivity contribution in [2.75, 3.05) is 17.4 Å². The second-order valence-electron chi connectivity index (χ2n) is 5.88. The van der Waals surface area contributed by atoms with Crippen LogP contribution in [0.15, 0.2) is 64.2 Å². The molecule has 0 saturated carbocycles. The van der Waals surface area contributed by atoms with E-state index in [9.17, 15) is 10.1 Å². The Bertz CT molecular complexity index is 1030. The van der Waals surface area contributed by atoms with Gasteiger partial charge in [-0.25, -0.2) is 10.4 Å². The zero-order chi connectivity index (χ0) is 20.1. The van der Waals surface area contributed by atoms with E-state index < -0.39 is 4.92 Å². The summed E-state index contributed by atoms with van der Waals surface area (Å²) in [6.45, 7) is 1.57. The largest absolute Gasteiger partial charge is 0.333 e. The van der Waals surface area contributed by atoms with Crippen molar-refractivity contribution in [3.8, 4) is 0 Å². The van der Waals surface area contributed by atoms with E-state index in [1.165, 1.54) is 0 Å². The Labute approximate surface area is 170 Å². The Kier molecular flexibility index (Phi) is 5.95. The molecule has 1 heterocycles. The van der Waals surface area contributed by atoms with Crippen LogP contribution >= 0.6 is 15.9 Å². The fraction of sp³-hybridized carbons (Fsp3) is 0.105. The van der Waals surface area contributed by atoms with Crippen molar-refractivity contribution in [3.05, 3.63) is 80.4 Å². The Balaban J connectivity index is 1.93. The van der Waals surface area contributed by atoms with E-state index in [0.29, 0.717) is 0 Å². The van der Waals surface area contributed by atoms with E-state index in [1.807, 2.05) is 54.6 Å². The van der Waals surface area contributed by atoms with Crippen LogP contribution < -0.4 is 10.3 Å². The minimum atomic E-state index is -0.474. The molecule has 9 heteroatoms. The van der Waals surface area contributed by atoms with Crippen LogP contribution in [0.1, 0.15) is 11.3 Å². The summed E-state index contributed by atoms with van der Waals surface area (Å²) in [6, 6.07) is 16.9. The lowest BCUT2D eigenvalue weighted by molar-refractivity contribution is -0.385. The number of aromatic nitrogens is 2. The summed E-state index contributed by atoms with van der Waals surface area (Å²) in [7, 11) is 1.72. The summed E-state index contributed by atoms with van der Waals surface area (Å²) in [5.41, 5.74) is 4.50. The van der Waals surface area contributed by atoms with Gasteiger partial charge in [0.2, 0.25) is 11.8 Å². The van der Waals surface area contributed by atoms with Gasteiger partial charge < -0.3 is 4.90 Å². The molecule has 0 radical (unpaired) electrons. The Morgan fingerprint density at radius 1 is 1.18 bits per heavy atom. The van der Waals surface area contributed by atoms with Crippen molar-refractivity contribution in [3.63, 3.8) is 0 Å². The number of nitrogens with one attached hydrogen (secondary N) is 1. The number of nitrogens with zero attached hydrogens (tertiary/aromatic N) is 5. The topological polar surface area (TPSA) is 96.6 Å². The molecule has 0 fully saturated rings. The fourth-order valence-electron chi connectivity index (χ4n) is 2.57. The van der Waals surface area contributed by atoms with Crippen LogP contribution in [-0.2, 0) is 0 Å². The summed E-state index contributed by atoms with van der Waals surface area (Å²) in [4.78, 5) is 21.2. The van der Waals surface area contributed by atoms with E-state index >= 15 is 0 Å². The Morgan fingerprint density at radius 2 is 1.93 bits per heavy atom. The van der Waals surface area contributed by atoms with Gasteiger partial charge in [-0.3, -0.25) is 10.1 Å². The summed E-state index contributed by atoms with van der Waals surface area (Å²) < 4.78 is 0.936. The highest BCUT2D eigenvalue weighted by molar-refractivity contribution is 9.10. The number of rotatable bonds is 6. The lowest BCUT2D eigenvalue weighted by atomic mass is 10.2. The zero-order valence-corrected chi connectivity index (χ0v) is 16.8. The molecule has 3 aromatic rings. The number of hydrazone groups is 1. The van der Waals surface area contributed by atoms with Gasteiger partial charge in [0.1, 0.15) is 5.69 Å². The van der Waals surface area contributed by atoms with Gasteiger partial charge in [-0.05, 0) is 36.8 Å². The smallest absolute Gasteiger partial charge is 0.324 e. The lowest BCUT2D eigenvalue weighted by Gasteiger charge is -2.19. The predicted octanol–water partition coefficient (Wildman–Crippen LogP) is 4.67. The average molecular weight is 441 g/mol. The average Bonchev–Trinajstić information content (AvgIpc) is 2.67. The third-order valence-corrected chi connectivity index (χ3v) is 4.40. The number of hydrogen-bond donors (Lipinski definition) is 1. The monoisotopic (exact) mass is 440 g/mol. The SMILES string of the molecule is Cc1nc(N/N=C/c2cccc(Br)c2)nc(N(C)c2ccccc2)c1[N+](=O)[O-]. The van der Waals surface area contributed by atoms with Gasteiger partial charge in [-0.1, -0.05) is 46.3 Å². The number of benzene rings is 2. The van der Waals surface area contributed by atoms with Gasteiger partial charge in [0.25, 0.3) is 0 Å². The fourth-order valence-corrected chi connectivity index (χ4v) is 2.99. The van der Waals surface area contributed by atoms with Crippen molar-refractivity contribution >= 4 is 45.3 Å². The first-order valence-corrected chi connectivity index (χ1v) is 9.11. The number of para-hydroxylation sites is 1. The van der Waals surface area contributed by atoms with E-state index in [0.717, 1.165) is 15.7 Å². The van der Waals surface area contributed by atoms with Crippen LogP contribution in [0.25, 0.3) is 0 Å². The second kappa shape index (κ2) is 8.57. The maximum absolute atomic E-state index is 11.6. The van der Waals surface area contributed by atoms with E-state index in [1.54, 1.807) is 25.1 Å². The molecule has 0 saturated heterocycles. The van der Waals surface area contributed by atoms with Gasteiger partial charge in [-0.15, -0.1) is 0 Å². The standard InChI is InChI=1S/C19H17BrN6O2/c1-13-17(26(27)28)18(25(2)16-9-4-3-5-10-16)23-19(22-13)24-21-12-14-7-6-8-15(20)11-14/h3-12H,1-2H3,(H,22,23,24)/b21-12+. The van der Waals surface area contributed by atoms with Crippen LogP contribution in [-0.4, -0.2) is 28.2 Å². The predicted molar refractivity (Wildman–Crippen MR) is 113 cm³/mol. The van der Waals surface area contributed by atoms with Gasteiger partial charge in [0.15, 0.2) is 0 Å². The molecule has 0 unspecified atom stereocenters. The van der Waals surface area contributed by atoms with Crippen molar-refractivity contribution in [1.29, 1.82) is 0 Å². The van der Waals surface area contributed by atoms with Crippen molar-refractivity contribution in [2.24, 2.45) is 5.10 Å². The molecule has 28 heavy (non-hydrogen) atoms. The minimum absolute atomic E-state index is 0.145. The van der Waals surface area contributed by atoms with E-state index in [4.69, 9.17) is 0 Å². The molecule has 0 amide bonds. The van der Waals surface area contributed by atoms with Gasteiger partial charge >= 0.3 is 5.69 Å². The van der Waals surface area contributed by atoms with Crippen molar-refractivity contribution in [2.45, 2.75) is 6.92 Å². The molecule has 0 aliphatic carbocycles. The highest BCUT2D eigenvalue weighted by Gasteiger charge is 2.25. The zero-order valence-electron chi connectivity index (χ0n) is 15.2. The van der Waals surface area contributed by atoms with Gasteiger partial charge in [-0.2, -0.15) is 10.1 Å². The number of aryl methyl sites for hydroxylation is 1. The number of nitro groups is 1. The highest BCUT2D eigenvalue weighted by Crippen LogP contribution is 2.33. The first kappa shape index (κ1) is 19.4. The molecule has 0 bridgehead atoms. The van der Waals surface area contributed by atoms with Crippen LogP contribution in [0.4, 0.5) is 23.1 Å². The molecule has 1 N–H and O–H groups in total. The summed E-state index contributed by atoms with van der Waals surface area (Å²) in [5.74, 6) is 0.357. The number of halogens is 1. The Hall–Kier alpha value is -3.33. The normalized spacial score (nSPS) is 10.8. The minimum Gasteiger partial charge on any atom is -0.324 e. The molecule has 142 valence electrons. The van der Waals surface area contributed by atoms with Crippen LogP contribution in [0.3, 0.4) is 0 Å². The van der Waals surface area contributed by atoms with Gasteiger partial charge in [0, 0.05) is 17.2 Å². The van der Waals surface area contributed by atoms with Crippen molar-refractivity contribution in [1.82, 2.24) is 9.97 Å². The molecular weight excluding hydrogens is 424 g/mol. The highest BCUT2D eigenvalue weighted by atomic mass is 79.9. The number of hydrogen-bond acceptors (Lipinski definition) is 7. The molecule has 0 aliphatic rings. The maximum atomic E-state index is 11.6. The molecule has 2 aromatic carbocycles. The third kappa shape index (κ3) is 4.49. The molecular formula is C19H17BrN6O2. The maximum Gasteiger partial charge on any atom is 0.333 e. The van der Waals surface area contributed by atoms with Crippen molar-refractivity contribution < 1.29 is 4.92 Å². The van der Waals surface area contributed by atoms with E-state index in [2.05, 4.69) is 36.4 Å². The van der Waals surface area contributed by atoms with E-state index in [-0.39, 0.29) is 23.1 Å². The van der Waals surface area contributed by atoms with Crippen LogP contribution in [0.5, 0.6) is 0 Å². The molecule has 0 aliphatic heterocycles. The Morgan fingerprint density at radius 3 is 2.61 bits per heavy atom. The summed E-state index contributed by atoms with van der Waals surface area (Å²) in [5, 5.41) is 15.7. The summed E-state index contributed by atoms with van der Waals surface area (Å²) >= 11 is 3.40. The van der Waals surface area contributed by atoms with Crippen LogP contribution in [0.2, 0.25) is 0 Å². The lowest BCUT2D eigenvalue weighted by Crippen LogP contribution is -2.16.